The molecule has 4 rings (SSSR count). The van der Waals surface area contributed by atoms with Crippen molar-refractivity contribution in [3.05, 3.63) is 35.9 Å². The SMILES string of the molecule is C[C@@H]1CCCCCC(OCc2ccccc2)(C(F)(F)F)C2NNC(O2)C2NC(O1)C(C(F)(F)F)CC2N. The number of piperidine rings is 1. The van der Waals surface area contributed by atoms with Crippen LogP contribution in [0.15, 0.2) is 30.3 Å². The van der Waals surface area contributed by atoms with Gasteiger partial charge in [-0.1, -0.05) is 49.6 Å². The molecule has 0 spiro atoms. The van der Waals surface area contributed by atoms with Gasteiger partial charge in [-0.2, -0.15) is 26.3 Å². The summed E-state index contributed by atoms with van der Waals surface area (Å²) in [5.74, 6) is -1.86. The normalized spacial score (nSPS) is 38.2. The Bertz CT molecular complexity index is 876. The van der Waals surface area contributed by atoms with Gasteiger partial charge in [-0.15, -0.1) is 0 Å². The summed E-state index contributed by atoms with van der Waals surface area (Å²) in [5, 5.41) is 2.78. The molecule has 0 amide bonds. The molecule has 37 heavy (non-hydrogen) atoms. The molecule has 5 N–H and O–H groups in total. The molecule has 7 unspecified atom stereocenters. The minimum absolute atomic E-state index is 0.170. The van der Waals surface area contributed by atoms with Crippen LogP contribution in [-0.2, 0) is 20.8 Å². The van der Waals surface area contributed by atoms with Crippen molar-refractivity contribution in [2.75, 3.05) is 0 Å². The summed E-state index contributed by atoms with van der Waals surface area (Å²) < 4.78 is 103. The van der Waals surface area contributed by atoms with Crippen LogP contribution in [0.5, 0.6) is 0 Å². The summed E-state index contributed by atoms with van der Waals surface area (Å²) in [6.45, 7) is 1.36. The summed E-state index contributed by atoms with van der Waals surface area (Å²) in [7, 11) is 0. The first-order chi connectivity index (χ1) is 17.4. The predicted molar refractivity (Wildman–Crippen MR) is 121 cm³/mol. The largest absolute Gasteiger partial charge is 0.421 e. The van der Waals surface area contributed by atoms with E-state index in [1.807, 2.05) is 0 Å². The molecule has 0 aromatic heterocycles. The Labute approximate surface area is 211 Å². The monoisotopic (exact) mass is 540 g/mol. The molecule has 3 saturated heterocycles. The first-order valence-electron chi connectivity index (χ1n) is 12.6. The van der Waals surface area contributed by atoms with Gasteiger partial charge in [-0.25, -0.2) is 10.9 Å². The first kappa shape index (κ1) is 28.5. The van der Waals surface area contributed by atoms with E-state index in [-0.39, 0.29) is 19.4 Å². The number of fused-ring (bicyclic) bond motifs is 5. The molecule has 3 aliphatic heterocycles. The van der Waals surface area contributed by atoms with Gasteiger partial charge in [0.2, 0.25) is 5.60 Å². The van der Waals surface area contributed by atoms with Gasteiger partial charge in [-0.05, 0) is 31.7 Å². The lowest BCUT2D eigenvalue weighted by Gasteiger charge is -2.44. The Balaban J connectivity index is 1.62. The maximum atomic E-state index is 14.7. The Hall–Kier alpha value is -1.48. The zero-order valence-electron chi connectivity index (χ0n) is 20.4. The van der Waals surface area contributed by atoms with E-state index in [0.29, 0.717) is 24.8 Å². The second-order valence-corrected chi connectivity index (χ2v) is 10.1. The Kier molecular flexibility index (Phi) is 8.73. The molecular weight excluding hydrogens is 506 g/mol. The molecule has 3 heterocycles. The topological polar surface area (TPSA) is 89.8 Å². The average molecular weight is 541 g/mol. The van der Waals surface area contributed by atoms with Crippen LogP contribution in [0.2, 0.25) is 0 Å². The van der Waals surface area contributed by atoms with Crippen LogP contribution in [0.1, 0.15) is 51.0 Å². The van der Waals surface area contributed by atoms with Crippen LogP contribution in [0.4, 0.5) is 26.3 Å². The zero-order chi connectivity index (χ0) is 26.8. The minimum atomic E-state index is -4.81. The van der Waals surface area contributed by atoms with E-state index in [0.717, 1.165) is 0 Å². The molecule has 13 heteroatoms. The quantitative estimate of drug-likeness (QED) is 0.434. The van der Waals surface area contributed by atoms with Crippen LogP contribution in [-0.4, -0.2) is 54.8 Å². The van der Waals surface area contributed by atoms with Gasteiger partial charge < -0.3 is 19.9 Å². The fourth-order valence-electron chi connectivity index (χ4n) is 5.27. The van der Waals surface area contributed by atoms with Gasteiger partial charge in [0.15, 0.2) is 6.23 Å². The molecule has 3 fully saturated rings. The molecular formula is C24H34F6N4O3. The lowest BCUT2D eigenvalue weighted by atomic mass is 9.87. The van der Waals surface area contributed by atoms with Crippen molar-refractivity contribution in [2.24, 2.45) is 11.7 Å². The maximum Gasteiger partial charge on any atom is 0.421 e. The molecule has 8 atom stereocenters. The summed E-state index contributed by atoms with van der Waals surface area (Å²) in [4.78, 5) is 0. The van der Waals surface area contributed by atoms with E-state index in [4.69, 9.17) is 19.9 Å². The fourth-order valence-corrected chi connectivity index (χ4v) is 5.27. The lowest BCUT2D eigenvalue weighted by molar-refractivity contribution is -0.321. The molecule has 0 aliphatic carbocycles. The number of alkyl halides is 6. The van der Waals surface area contributed by atoms with Gasteiger partial charge in [0, 0.05) is 6.04 Å². The van der Waals surface area contributed by atoms with E-state index in [1.54, 1.807) is 37.3 Å². The number of benzene rings is 1. The van der Waals surface area contributed by atoms with Crippen molar-refractivity contribution in [3.8, 4) is 0 Å². The third-order valence-corrected chi connectivity index (χ3v) is 7.38. The average Bonchev–Trinajstić information content (AvgIpc) is 3.30. The molecule has 1 aromatic carbocycles. The van der Waals surface area contributed by atoms with Crippen LogP contribution in [0.3, 0.4) is 0 Å². The number of ether oxygens (including phenoxy) is 3. The fraction of sp³-hybridized carbons (Fsp3) is 0.750. The van der Waals surface area contributed by atoms with E-state index in [2.05, 4.69) is 16.2 Å². The molecule has 4 bridgehead atoms. The molecule has 7 nitrogen and oxygen atoms in total. The highest BCUT2D eigenvalue weighted by molar-refractivity contribution is 5.14. The molecule has 0 radical (unpaired) electrons. The number of halogens is 6. The highest BCUT2D eigenvalue weighted by atomic mass is 19.4. The highest BCUT2D eigenvalue weighted by Crippen LogP contribution is 2.44. The van der Waals surface area contributed by atoms with Crippen LogP contribution in [0.25, 0.3) is 0 Å². The van der Waals surface area contributed by atoms with Gasteiger partial charge in [0.1, 0.15) is 12.5 Å². The van der Waals surface area contributed by atoms with Gasteiger partial charge in [0.25, 0.3) is 0 Å². The smallest absolute Gasteiger partial charge is 0.360 e. The van der Waals surface area contributed by atoms with E-state index in [1.165, 1.54) is 0 Å². The van der Waals surface area contributed by atoms with Crippen molar-refractivity contribution in [3.63, 3.8) is 0 Å². The van der Waals surface area contributed by atoms with E-state index in [9.17, 15) is 26.3 Å². The van der Waals surface area contributed by atoms with Crippen LogP contribution < -0.4 is 21.9 Å². The summed E-state index contributed by atoms with van der Waals surface area (Å²) in [5.41, 5.74) is 9.19. The van der Waals surface area contributed by atoms with Gasteiger partial charge in [0.05, 0.1) is 24.7 Å². The third-order valence-electron chi connectivity index (χ3n) is 7.38. The summed E-state index contributed by atoms with van der Waals surface area (Å²) >= 11 is 0. The molecule has 3 aliphatic rings. The Morgan fingerprint density at radius 2 is 1.73 bits per heavy atom. The van der Waals surface area contributed by atoms with Crippen molar-refractivity contribution in [1.82, 2.24) is 16.2 Å². The predicted octanol–water partition coefficient (Wildman–Crippen LogP) is 3.84. The summed E-state index contributed by atoms with van der Waals surface area (Å²) in [6, 6.07) is 6.50. The molecule has 210 valence electrons. The second-order valence-electron chi connectivity index (χ2n) is 10.1. The number of nitrogens with one attached hydrogen (secondary N) is 3. The number of rotatable bonds is 3. The van der Waals surface area contributed by atoms with Crippen molar-refractivity contribution in [1.29, 1.82) is 0 Å². The molecule has 0 saturated carbocycles. The first-order valence-corrected chi connectivity index (χ1v) is 12.6. The van der Waals surface area contributed by atoms with Crippen molar-refractivity contribution < 1.29 is 40.6 Å². The van der Waals surface area contributed by atoms with Crippen LogP contribution in [0, 0.1) is 5.92 Å². The molecule has 1 aromatic rings. The number of hydrogen-bond donors (Lipinski definition) is 4. The minimum Gasteiger partial charge on any atom is -0.360 e. The second kappa shape index (κ2) is 11.3. The highest BCUT2D eigenvalue weighted by Gasteiger charge is 2.64. The third kappa shape index (κ3) is 6.40. The standard InChI is InChI=1S/C24H34F6N4O3/c1-14-8-4-3-7-11-22(24(28,29)30,35-13-15-9-5-2-6-10-15)21-34-33-20(37-21)18-17(31)12-16(23(25,26)27)19(32-18)36-14/h2,5-6,9-10,14,16-21,32-34H,3-4,7-8,11-13,31H2,1H3/t14-,16?,17?,18?,19?,20?,21?,22?/m1/s1. The van der Waals surface area contributed by atoms with E-state index >= 15 is 0 Å². The van der Waals surface area contributed by atoms with Gasteiger partial charge >= 0.3 is 12.4 Å². The van der Waals surface area contributed by atoms with Crippen molar-refractivity contribution >= 4 is 0 Å². The van der Waals surface area contributed by atoms with E-state index < -0.39 is 67.2 Å². The lowest BCUT2D eigenvalue weighted by Crippen LogP contribution is -2.67. The maximum absolute atomic E-state index is 14.7. The van der Waals surface area contributed by atoms with Gasteiger partial charge in [-0.3, -0.25) is 5.32 Å². The number of nitrogens with two attached hydrogens (primary N) is 1. The Morgan fingerprint density at radius 3 is 2.41 bits per heavy atom. The van der Waals surface area contributed by atoms with Crippen molar-refractivity contribution in [2.45, 2.75) is 107 Å². The Morgan fingerprint density at radius 1 is 1.00 bits per heavy atom. The number of hydrogen-bond acceptors (Lipinski definition) is 7. The number of hydrazine groups is 1. The summed E-state index contributed by atoms with van der Waals surface area (Å²) in [6.07, 6.45) is -13.5. The van der Waals surface area contributed by atoms with Crippen LogP contribution >= 0.6 is 0 Å². The zero-order valence-corrected chi connectivity index (χ0v) is 20.4.